The number of esters is 1. The molecule has 0 aliphatic heterocycles. The molecule has 0 bridgehead atoms. The van der Waals surface area contributed by atoms with E-state index in [-0.39, 0.29) is 45.8 Å². The summed E-state index contributed by atoms with van der Waals surface area (Å²) in [6, 6.07) is 26.5. The van der Waals surface area contributed by atoms with E-state index >= 15 is 4.79 Å². The van der Waals surface area contributed by atoms with Crippen molar-refractivity contribution in [3.8, 4) is 11.3 Å². The van der Waals surface area contributed by atoms with Crippen LogP contribution in [0.25, 0.3) is 11.3 Å². The maximum atomic E-state index is 15.0. The summed E-state index contributed by atoms with van der Waals surface area (Å²) in [5.41, 5.74) is 4.04. The molecule has 0 spiro atoms. The van der Waals surface area contributed by atoms with Crippen molar-refractivity contribution in [1.29, 1.82) is 0 Å². The van der Waals surface area contributed by atoms with Gasteiger partial charge in [-0.2, -0.15) is 0 Å². The maximum absolute atomic E-state index is 15.0. The van der Waals surface area contributed by atoms with Crippen molar-refractivity contribution in [2.24, 2.45) is 10.8 Å². The summed E-state index contributed by atoms with van der Waals surface area (Å²) in [7, 11) is 2.77. The monoisotopic (exact) mass is 1080 g/mol. The average molecular weight is 1080 g/mol. The minimum absolute atomic E-state index is 0.00947. The van der Waals surface area contributed by atoms with Crippen LogP contribution in [0.2, 0.25) is 0 Å². The number of methoxy groups -OCH3 is 2. The molecule has 1 heterocycles. The lowest BCUT2D eigenvalue weighted by Gasteiger charge is -2.37. The van der Waals surface area contributed by atoms with Crippen LogP contribution in [0.5, 0.6) is 0 Å². The fraction of sp³-hybridized carbons (Fsp3) is 0.500. The zero-order valence-corrected chi connectivity index (χ0v) is 47.1. The van der Waals surface area contributed by atoms with Gasteiger partial charge >= 0.3 is 24.2 Å². The molecule has 20 nitrogen and oxygen atoms in total. The van der Waals surface area contributed by atoms with E-state index < -0.39 is 82.8 Å². The van der Waals surface area contributed by atoms with Crippen molar-refractivity contribution >= 4 is 36.1 Å². The number of benzene rings is 3. The van der Waals surface area contributed by atoms with Crippen LogP contribution >= 0.6 is 0 Å². The van der Waals surface area contributed by atoms with Crippen LogP contribution in [0.15, 0.2) is 109 Å². The molecule has 0 aliphatic carbocycles. The Kier molecular flexibility index (Phi) is 25.5. The topological polar surface area (TPSA) is 243 Å². The molecular formula is C58H81N7O13. The number of carbonyl (C=O) groups is 6. The van der Waals surface area contributed by atoms with Crippen LogP contribution in [-0.2, 0) is 66.9 Å². The fourth-order valence-corrected chi connectivity index (χ4v) is 7.85. The van der Waals surface area contributed by atoms with Crippen LogP contribution in [0, 0.1) is 10.8 Å². The number of hydrogen-bond acceptors (Lipinski definition) is 15. The Morgan fingerprint density at radius 3 is 1.67 bits per heavy atom. The number of nitrogens with zero attached hydrogens (tertiary/aromatic N) is 2. The first-order valence-electron chi connectivity index (χ1n) is 26.0. The quantitative estimate of drug-likeness (QED) is 0.0167. The summed E-state index contributed by atoms with van der Waals surface area (Å²) in [5, 5.41) is 12.7. The molecule has 0 unspecified atom stereocenters. The van der Waals surface area contributed by atoms with Gasteiger partial charge in [-0.3, -0.25) is 20.0 Å². The largest absolute Gasteiger partial charge is 0.457 e. The van der Waals surface area contributed by atoms with E-state index in [0.717, 1.165) is 16.8 Å². The van der Waals surface area contributed by atoms with Gasteiger partial charge in [0.15, 0.2) is 0 Å². The van der Waals surface area contributed by atoms with Gasteiger partial charge in [-0.05, 0) is 66.8 Å². The SMILES string of the molecule is COCCOCCOCCOC(=O)N[C@H](C(=O)N[C@@H](Cc1ccccc1)[C@H](CN(Cc1ccc(-c2ccccn2)cc1)NC(=O)[C@@H](NC(=O)OC)C(C)(C)C)OC(=O)[C@H](Cc1ccccc1)NC(=O)OC(C)(C)C)C(C)(C)C. The summed E-state index contributed by atoms with van der Waals surface area (Å²) in [6.45, 7) is 16.9. The zero-order chi connectivity index (χ0) is 57.3. The van der Waals surface area contributed by atoms with Crippen LogP contribution in [0.3, 0.4) is 0 Å². The van der Waals surface area contributed by atoms with Crippen LogP contribution < -0.4 is 26.7 Å². The van der Waals surface area contributed by atoms with Crippen LogP contribution in [-0.4, -0.2) is 142 Å². The molecular weight excluding hydrogens is 1000 g/mol. The van der Waals surface area contributed by atoms with Gasteiger partial charge in [0.05, 0.1) is 58.4 Å². The van der Waals surface area contributed by atoms with Crippen molar-refractivity contribution in [3.63, 3.8) is 0 Å². The highest BCUT2D eigenvalue weighted by Gasteiger charge is 2.40. The minimum atomic E-state index is -1.33. The van der Waals surface area contributed by atoms with E-state index in [0.29, 0.717) is 30.9 Å². The van der Waals surface area contributed by atoms with E-state index in [1.54, 1.807) is 99.9 Å². The molecule has 426 valence electrons. The summed E-state index contributed by atoms with van der Waals surface area (Å²) in [6.07, 6.45) is -2.16. The minimum Gasteiger partial charge on any atom is -0.457 e. The Hall–Kier alpha value is -7.13. The number of hydrazine groups is 1. The number of pyridine rings is 1. The molecule has 5 N–H and O–H groups in total. The van der Waals surface area contributed by atoms with Gasteiger partial charge in [-0.1, -0.05) is 133 Å². The van der Waals surface area contributed by atoms with Crippen LogP contribution in [0.4, 0.5) is 14.4 Å². The Bertz CT molecular complexity index is 2470. The van der Waals surface area contributed by atoms with Crippen molar-refractivity contribution in [3.05, 3.63) is 126 Å². The number of amides is 5. The van der Waals surface area contributed by atoms with Crippen molar-refractivity contribution < 1.29 is 61.9 Å². The van der Waals surface area contributed by atoms with E-state index in [1.165, 1.54) is 12.1 Å². The highest BCUT2D eigenvalue weighted by atomic mass is 16.6. The van der Waals surface area contributed by atoms with Gasteiger partial charge in [0.1, 0.15) is 36.4 Å². The second-order valence-corrected chi connectivity index (χ2v) is 21.7. The normalized spacial score (nSPS) is 13.6. The molecule has 20 heteroatoms. The van der Waals surface area contributed by atoms with Crippen molar-refractivity contribution in [2.45, 2.75) is 118 Å². The zero-order valence-electron chi connectivity index (χ0n) is 47.1. The smallest absolute Gasteiger partial charge is 0.408 e. The standard InChI is InChI=1S/C58H81N7O13/c1-56(2,3)48(63-54(70)76-35-34-75-33-32-74-31-30-72-10)50(66)60-45(36-40-20-14-12-15-21-40)47(77-52(68)46(37-41-22-16-13-17-23-41)61-55(71)78-58(7,8)9)39-65(64-51(67)49(57(4,5)6)62-53(69)73-11)38-42-25-27-43(28-26-42)44-24-18-19-29-59-44/h12-29,45-49H,30-39H2,1-11H3,(H,60,66)(H,61,71)(H,62,69)(H,63,70)(H,64,67)/t45-,46-,47-,48+,49+/m0/s1. The van der Waals surface area contributed by atoms with Crippen LogP contribution in [0.1, 0.15) is 79.0 Å². The molecule has 78 heavy (non-hydrogen) atoms. The summed E-state index contributed by atoms with van der Waals surface area (Å²) < 4.78 is 38.5. The van der Waals surface area contributed by atoms with Crippen molar-refractivity contribution in [2.75, 3.05) is 60.4 Å². The molecule has 4 rings (SSSR count). The number of aromatic nitrogens is 1. The van der Waals surface area contributed by atoms with Gasteiger partial charge < -0.3 is 54.4 Å². The Morgan fingerprint density at radius 1 is 0.564 bits per heavy atom. The van der Waals surface area contributed by atoms with Gasteiger partial charge in [0.25, 0.3) is 5.91 Å². The molecule has 5 amide bonds. The molecule has 0 saturated carbocycles. The summed E-state index contributed by atoms with van der Waals surface area (Å²) in [4.78, 5) is 88.6. The molecule has 0 saturated heterocycles. The first-order valence-corrected chi connectivity index (χ1v) is 26.0. The van der Waals surface area contributed by atoms with E-state index in [2.05, 4.69) is 31.7 Å². The van der Waals surface area contributed by atoms with Gasteiger partial charge in [0, 0.05) is 31.8 Å². The molecule has 5 atom stereocenters. The lowest BCUT2D eigenvalue weighted by Crippen LogP contribution is -2.62. The molecule has 0 fully saturated rings. The first kappa shape index (κ1) is 63.4. The molecule has 4 aromatic rings. The third-order valence-electron chi connectivity index (χ3n) is 11.8. The number of rotatable bonds is 28. The third-order valence-corrected chi connectivity index (χ3v) is 11.8. The van der Waals surface area contributed by atoms with Gasteiger partial charge in [-0.25, -0.2) is 24.2 Å². The van der Waals surface area contributed by atoms with Gasteiger partial charge in [-0.15, -0.1) is 0 Å². The predicted molar refractivity (Wildman–Crippen MR) is 294 cm³/mol. The molecule has 0 radical (unpaired) electrons. The number of carbonyl (C=O) groups excluding carboxylic acids is 6. The lowest BCUT2D eigenvalue weighted by molar-refractivity contribution is -0.156. The number of nitrogens with one attached hydrogen (secondary N) is 5. The first-order chi connectivity index (χ1) is 36.9. The number of hydrogen-bond donors (Lipinski definition) is 5. The maximum Gasteiger partial charge on any atom is 0.408 e. The Balaban J connectivity index is 1.82. The highest BCUT2D eigenvalue weighted by molar-refractivity contribution is 5.87. The fourth-order valence-electron chi connectivity index (χ4n) is 7.85. The number of alkyl carbamates (subject to hydrolysis) is 3. The molecule has 3 aromatic carbocycles. The second kappa shape index (κ2) is 31.3. The highest BCUT2D eigenvalue weighted by Crippen LogP contribution is 2.24. The second-order valence-electron chi connectivity index (χ2n) is 21.7. The number of ether oxygens (including phenoxy) is 7. The van der Waals surface area contributed by atoms with Crippen molar-refractivity contribution in [1.82, 2.24) is 36.7 Å². The third kappa shape index (κ3) is 23.2. The Labute approximate surface area is 459 Å². The van der Waals surface area contributed by atoms with E-state index in [9.17, 15) is 24.0 Å². The van der Waals surface area contributed by atoms with E-state index in [1.807, 2.05) is 78.9 Å². The molecule has 1 aromatic heterocycles. The van der Waals surface area contributed by atoms with Gasteiger partial charge in [0.2, 0.25) is 5.91 Å². The summed E-state index contributed by atoms with van der Waals surface area (Å²) in [5.74, 6) is -2.16. The Morgan fingerprint density at radius 2 is 1.12 bits per heavy atom. The molecule has 0 aliphatic rings. The predicted octanol–water partition coefficient (Wildman–Crippen LogP) is 6.95. The summed E-state index contributed by atoms with van der Waals surface area (Å²) >= 11 is 0. The average Bonchev–Trinajstić information content (AvgIpc) is 3.40. The van der Waals surface area contributed by atoms with E-state index in [4.69, 9.17) is 33.2 Å². The lowest BCUT2D eigenvalue weighted by atomic mass is 9.85.